The van der Waals surface area contributed by atoms with E-state index in [9.17, 15) is 9.59 Å². The summed E-state index contributed by atoms with van der Waals surface area (Å²) in [5.74, 6) is 0.987. The number of aromatic amines is 1. The van der Waals surface area contributed by atoms with Crippen molar-refractivity contribution in [3.8, 4) is 10.4 Å². The van der Waals surface area contributed by atoms with Gasteiger partial charge in [0.25, 0.3) is 5.56 Å². The molecule has 8 heteroatoms. The Kier molecular flexibility index (Phi) is 6.73. The second-order valence-electron chi connectivity index (χ2n) is 6.47. The maximum atomic E-state index is 12.7. The van der Waals surface area contributed by atoms with Gasteiger partial charge in [0.1, 0.15) is 10.7 Å². The van der Waals surface area contributed by atoms with Crippen LogP contribution in [0.5, 0.6) is 0 Å². The number of H-pyrrole nitrogens is 1. The number of aromatic nitrogens is 2. The Hall–Kier alpha value is -1.64. The van der Waals surface area contributed by atoms with Crippen LogP contribution in [0.15, 0.2) is 27.7 Å². The van der Waals surface area contributed by atoms with Crippen molar-refractivity contribution in [2.75, 3.05) is 5.75 Å². The Morgan fingerprint density at radius 1 is 1.37 bits per heavy atom. The van der Waals surface area contributed by atoms with Crippen LogP contribution in [0, 0.1) is 0 Å². The summed E-state index contributed by atoms with van der Waals surface area (Å²) in [7, 11) is 0. The van der Waals surface area contributed by atoms with E-state index < -0.39 is 0 Å². The third-order valence-corrected chi connectivity index (χ3v) is 7.15. The van der Waals surface area contributed by atoms with Crippen molar-refractivity contribution in [3.05, 3.63) is 39.1 Å². The highest BCUT2D eigenvalue weighted by Crippen LogP contribution is 2.34. The largest absolute Gasteiger partial charge is 0.353 e. The fourth-order valence-corrected chi connectivity index (χ4v) is 5.40. The lowest BCUT2D eigenvalue weighted by molar-refractivity contribution is -0.119. The minimum atomic E-state index is -0.117. The zero-order valence-electron chi connectivity index (χ0n) is 15.6. The van der Waals surface area contributed by atoms with Crippen LogP contribution in [0.25, 0.3) is 20.7 Å². The molecule has 0 aliphatic rings. The molecule has 0 spiro atoms. The molecule has 5 nitrogen and oxygen atoms in total. The van der Waals surface area contributed by atoms with E-state index in [0.29, 0.717) is 17.0 Å². The Morgan fingerprint density at radius 2 is 2.19 bits per heavy atom. The molecule has 2 N–H and O–H groups in total. The van der Waals surface area contributed by atoms with Crippen molar-refractivity contribution in [1.82, 2.24) is 15.3 Å². The summed E-state index contributed by atoms with van der Waals surface area (Å²) in [6.07, 6.45) is 2.02. The summed E-state index contributed by atoms with van der Waals surface area (Å²) in [5.41, 5.74) is 0.822. The first-order valence-corrected chi connectivity index (χ1v) is 11.8. The molecule has 3 heterocycles. The van der Waals surface area contributed by atoms with Crippen molar-refractivity contribution >= 4 is 50.6 Å². The van der Waals surface area contributed by atoms with Gasteiger partial charge in [-0.2, -0.15) is 0 Å². The third kappa shape index (κ3) is 4.80. The standard InChI is InChI=1S/C19H23N3O2S3/c1-4-6-11(2)20-15(23)10-26-12(3)17-21-18(24)16-13(9-27-19(16)22-17)14-7-5-8-25-14/h5,7-9,11-12H,4,6,10H2,1-3H3,(H,20,23)(H,21,22,24)/t11-,12+/m1/s1. The van der Waals surface area contributed by atoms with Crippen LogP contribution < -0.4 is 10.9 Å². The summed E-state index contributed by atoms with van der Waals surface area (Å²) in [5, 5.41) is 7.57. The maximum Gasteiger partial charge on any atom is 0.260 e. The number of carbonyl (C=O) groups is 1. The molecule has 2 atom stereocenters. The molecule has 0 aliphatic heterocycles. The van der Waals surface area contributed by atoms with Gasteiger partial charge in [0, 0.05) is 21.9 Å². The molecular formula is C19H23N3O2S3. The topological polar surface area (TPSA) is 74.8 Å². The van der Waals surface area contributed by atoms with E-state index in [0.717, 1.165) is 28.1 Å². The van der Waals surface area contributed by atoms with Crippen LogP contribution >= 0.6 is 34.4 Å². The van der Waals surface area contributed by atoms with Gasteiger partial charge in [0.05, 0.1) is 16.4 Å². The van der Waals surface area contributed by atoms with Gasteiger partial charge in [0.2, 0.25) is 5.91 Å². The molecular weight excluding hydrogens is 398 g/mol. The lowest BCUT2D eigenvalue weighted by Crippen LogP contribution is -2.33. The number of nitrogens with one attached hydrogen (secondary N) is 2. The summed E-state index contributed by atoms with van der Waals surface area (Å²) in [4.78, 5) is 34.1. The summed E-state index contributed by atoms with van der Waals surface area (Å²) in [6, 6.07) is 4.18. The molecule has 0 aliphatic carbocycles. The summed E-state index contributed by atoms with van der Waals surface area (Å²) >= 11 is 4.58. The number of thiophene rings is 2. The van der Waals surface area contributed by atoms with Crippen molar-refractivity contribution in [2.45, 2.75) is 44.9 Å². The quantitative estimate of drug-likeness (QED) is 0.547. The third-order valence-electron chi connectivity index (χ3n) is 4.23. The highest BCUT2D eigenvalue weighted by atomic mass is 32.2. The van der Waals surface area contributed by atoms with Gasteiger partial charge in [-0.05, 0) is 31.7 Å². The predicted molar refractivity (Wildman–Crippen MR) is 117 cm³/mol. The van der Waals surface area contributed by atoms with E-state index in [2.05, 4.69) is 22.2 Å². The first kappa shape index (κ1) is 20.1. The van der Waals surface area contributed by atoms with E-state index in [1.54, 1.807) is 11.3 Å². The molecule has 0 saturated heterocycles. The molecule has 0 fully saturated rings. The Morgan fingerprint density at radius 3 is 2.89 bits per heavy atom. The van der Waals surface area contributed by atoms with Crippen molar-refractivity contribution < 1.29 is 4.79 Å². The molecule has 0 bridgehead atoms. The van der Waals surface area contributed by atoms with Crippen LogP contribution in [0.1, 0.15) is 44.7 Å². The minimum absolute atomic E-state index is 0.0207. The predicted octanol–water partition coefficient (Wildman–Crippen LogP) is 4.81. The van der Waals surface area contributed by atoms with Gasteiger partial charge < -0.3 is 10.3 Å². The second kappa shape index (κ2) is 9.03. The maximum absolute atomic E-state index is 12.7. The molecule has 27 heavy (non-hydrogen) atoms. The Labute approximate surface area is 170 Å². The van der Waals surface area contributed by atoms with Gasteiger partial charge in [-0.1, -0.05) is 19.4 Å². The average Bonchev–Trinajstić information content (AvgIpc) is 3.28. The van der Waals surface area contributed by atoms with E-state index in [-0.39, 0.29) is 22.8 Å². The van der Waals surface area contributed by atoms with Gasteiger partial charge in [-0.15, -0.1) is 34.4 Å². The van der Waals surface area contributed by atoms with Crippen LogP contribution in [-0.2, 0) is 4.79 Å². The lowest BCUT2D eigenvalue weighted by atomic mass is 10.2. The lowest BCUT2D eigenvalue weighted by Gasteiger charge is -2.14. The molecule has 0 aromatic carbocycles. The second-order valence-corrected chi connectivity index (χ2v) is 9.60. The first-order chi connectivity index (χ1) is 13.0. The molecule has 0 radical (unpaired) electrons. The van der Waals surface area contributed by atoms with Crippen molar-refractivity contribution in [2.24, 2.45) is 0 Å². The van der Waals surface area contributed by atoms with Crippen molar-refractivity contribution in [3.63, 3.8) is 0 Å². The first-order valence-electron chi connectivity index (χ1n) is 8.95. The van der Waals surface area contributed by atoms with E-state index in [4.69, 9.17) is 0 Å². The molecule has 3 aromatic heterocycles. The summed E-state index contributed by atoms with van der Waals surface area (Å²) < 4.78 is 0. The van der Waals surface area contributed by atoms with Crippen LogP contribution in [-0.4, -0.2) is 27.7 Å². The highest BCUT2D eigenvalue weighted by Gasteiger charge is 2.17. The highest BCUT2D eigenvalue weighted by molar-refractivity contribution is 8.00. The monoisotopic (exact) mass is 421 g/mol. The van der Waals surface area contributed by atoms with Gasteiger partial charge in [0.15, 0.2) is 0 Å². The molecule has 3 rings (SSSR count). The number of nitrogens with zero attached hydrogens (tertiary/aromatic N) is 1. The Balaban J connectivity index is 1.72. The fraction of sp³-hybridized carbons (Fsp3) is 0.421. The Bertz CT molecular complexity index is 962. The summed E-state index contributed by atoms with van der Waals surface area (Å²) in [6.45, 7) is 6.09. The molecule has 3 aromatic rings. The number of carbonyl (C=O) groups excluding carboxylic acids is 1. The van der Waals surface area contributed by atoms with Crippen LogP contribution in [0.3, 0.4) is 0 Å². The van der Waals surface area contributed by atoms with Crippen molar-refractivity contribution in [1.29, 1.82) is 0 Å². The normalized spacial score (nSPS) is 13.6. The number of amides is 1. The van der Waals surface area contributed by atoms with Gasteiger partial charge in [-0.25, -0.2) is 4.98 Å². The fourth-order valence-electron chi connectivity index (χ4n) is 2.87. The van der Waals surface area contributed by atoms with Crippen LogP contribution in [0.2, 0.25) is 0 Å². The number of thioether (sulfide) groups is 1. The average molecular weight is 422 g/mol. The number of fused-ring (bicyclic) bond motifs is 1. The zero-order valence-corrected chi connectivity index (χ0v) is 18.0. The molecule has 1 amide bonds. The number of hydrogen-bond acceptors (Lipinski definition) is 6. The van der Waals surface area contributed by atoms with E-state index in [1.807, 2.05) is 36.7 Å². The number of rotatable bonds is 8. The van der Waals surface area contributed by atoms with Gasteiger partial charge in [-0.3, -0.25) is 9.59 Å². The SMILES string of the molecule is CCC[C@@H](C)NC(=O)CS[C@@H](C)c1nc2scc(-c3cccs3)c2c(=O)[nH]1. The smallest absolute Gasteiger partial charge is 0.260 e. The molecule has 0 unspecified atom stereocenters. The van der Waals surface area contributed by atoms with E-state index in [1.165, 1.54) is 23.1 Å². The minimum Gasteiger partial charge on any atom is -0.353 e. The number of hydrogen-bond donors (Lipinski definition) is 2. The van der Waals surface area contributed by atoms with E-state index >= 15 is 0 Å². The van der Waals surface area contributed by atoms with Crippen LogP contribution in [0.4, 0.5) is 0 Å². The van der Waals surface area contributed by atoms with Gasteiger partial charge >= 0.3 is 0 Å². The molecule has 144 valence electrons. The zero-order chi connectivity index (χ0) is 19.4. The molecule has 0 saturated carbocycles.